The van der Waals surface area contributed by atoms with E-state index in [-0.39, 0.29) is 11.8 Å². The Kier molecular flexibility index (Phi) is 4.21. The minimum absolute atomic E-state index is 0.0624. The fraction of sp³-hybridized carbons (Fsp3) is 0.538. The van der Waals surface area contributed by atoms with Crippen LogP contribution in [0, 0.1) is 16.0 Å². The molecule has 1 aromatic rings. The number of nitro groups is 1. The first-order chi connectivity index (χ1) is 9.11. The highest BCUT2D eigenvalue weighted by molar-refractivity contribution is 5.64. The molecule has 1 N–H and O–H groups in total. The number of hydrogen-bond acceptors (Lipinski definition) is 5. The minimum atomic E-state index is -0.393. The zero-order chi connectivity index (χ0) is 13.8. The lowest BCUT2D eigenvalue weighted by atomic mass is 10.0. The van der Waals surface area contributed by atoms with Gasteiger partial charge in [0.25, 0.3) is 5.69 Å². The number of nitrogens with zero attached hydrogens (tertiary/aromatic N) is 1. The van der Waals surface area contributed by atoms with E-state index in [9.17, 15) is 10.1 Å². The molecule has 2 rings (SSSR count). The van der Waals surface area contributed by atoms with E-state index in [4.69, 9.17) is 9.47 Å². The summed E-state index contributed by atoms with van der Waals surface area (Å²) < 4.78 is 10.6. The van der Waals surface area contributed by atoms with Crippen LogP contribution >= 0.6 is 0 Å². The summed E-state index contributed by atoms with van der Waals surface area (Å²) in [5.41, 5.74) is 0.552. The number of nitro benzene ring substituents is 1. The standard InChI is InChI=1S/C13H18N2O4/c1-9-10(5-6-19-9)8-14-12-7-11(18-2)3-4-13(12)15(16)17/h3-4,7,9-10,14H,5-6,8H2,1-2H3. The van der Waals surface area contributed by atoms with Gasteiger partial charge >= 0.3 is 0 Å². The van der Waals surface area contributed by atoms with Gasteiger partial charge in [0.05, 0.1) is 18.1 Å². The topological polar surface area (TPSA) is 73.6 Å². The van der Waals surface area contributed by atoms with Gasteiger partial charge in [0.1, 0.15) is 11.4 Å². The largest absolute Gasteiger partial charge is 0.497 e. The molecule has 6 nitrogen and oxygen atoms in total. The van der Waals surface area contributed by atoms with Gasteiger partial charge in [-0.3, -0.25) is 10.1 Å². The second kappa shape index (κ2) is 5.88. The molecule has 1 aliphatic rings. The Morgan fingerprint density at radius 3 is 2.95 bits per heavy atom. The van der Waals surface area contributed by atoms with E-state index < -0.39 is 4.92 Å². The summed E-state index contributed by atoms with van der Waals surface area (Å²) in [4.78, 5) is 10.6. The number of benzene rings is 1. The summed E-state index contributed by atoms with van der Waals surface area (Å²) >= 11 is 0. The number of rotatable bonds is 5. The van der Waals surface area contributed by atoms with Crippen molar-refractivity contribution in [3.8, 4) is 5.75 Å². The van der Waals surface area contributed by atoms with Gasteiger partial charge in [0.2, 0.25) is 0 Å². The summed E-state index contributed by atoms with van der Waals surface area (Å²) in [6, 6.07) is 4.69. The number of methoxy groups -OCH3 is 1. The van der Waals surface area contributed by atoms with Crippen LogP contribution < -0.4 is 10.1 Å². The number of ether oxygens (including phenoxy) is 2. The molecule has 2 unspecified atom stereocenters. The molecule has 0 bridgehead atoms. The first kappa shape index (κ1) is 13.6. The molecule has 0 spiro atoms. The number of hydrogen-bond donors (Lipinski definition) is 1. The molecule has 19 heavy (non-hydrogen) atoms. The normalized spacial score (nSPS) is 22.2. The fourth-order valence-corrected chi connectivity index (χ4v) is 2.23. The molecule has 1 fully saturated rings. The van der Waals surface area contributed by atoms with Crippen molar-refractivity contribution in [2.24, 2.45) is 5.92 Å². The van der Waals surface area contributed by atoms with E-state index in [0.717, 1.165) is 13.0 Å². The van der Waals surface area contributed by atoms with Crippen LogP contribution in [0.5, 0.6) is 5.75 Å². The van der Waals surface area contributed by atoms with Crippen molar-refractivity contribution in [2.75, 3.05) is 25.6 Å². The predicted octanol–water partition coefficient (Wildman–Crippen LogP) is 2.44. The van der Waals surface area contributed by atoms with E-state index in [2.05, 4.69) is 5.32 Å². The van der Waals surface area contributed by atoms with Gasteiger partial charge < -0.3 is 14.8 Å². The highest BCUT2D eigenvalue weighted by Crippen LogP contribution is 2.30. The van der Waals surface area contributed by atoms with Crippen LogP contribution in [0.1, 0.15) is 13.3 Å². The van der Waals surface area contributed by atoms with Crippen LogP contribution in [0.25, 0.3) is 0 Å². The maximum atomic E-state index is 11.0. The fourth-order valence-electron chi connectivity index (χ4n) is 2.23. The van der Waals surface area contributed by atoms with Crippen molar-refractivity contribution in [3.05, 3.63) is 28.3 Å². The van der Waals surface area contributed by atoms with Crippen LogP contribution in [0.4, 0.5) is 11.4 Å². The van der Waals surface area contributed by atoms with Gasteiger partial charge in [-0.15, -0.1) is 0 Å². The monoisotopic (exact) mass is 266 g/mol. The highest BCUT2D eigenvalue weighted by Gasteiger charge is 2.25. The maximum Gasteiger partial charge on any atom is 0.292 e. The van der Waals surface area contributed by atoms with Crippen molar-refractivity contribution < 1.29 is 14.4 Å². The molecule has 1 aliphatic heterocycles. The van der Waals surface area contributed by atoms with Crippen LogP contribution in [-0.4, -0.2) is 31.3 Å². The highest BCUT2D eigenvalue weighted by atomic mass is 16.6. The Balaban J connectivity index is 2.10. The summed E-state index contributed by atoms with van der Waals surface area (Å²) in [6.07, 6.45) is 1.17. The van der Waals surface area contributed by atoms with Crippen LogP contribution in [0.3, 0.4) is 0 Å². The first-order valence-electron chi connectivity index (χ1n) is 6.29. The molecule has 0 amide bonds. The van der Waals surface area contributed by atoms with Crippen molar-refractivity contribution in [1.29, 1.82) is 0 Å². The smallest absolute Gasteiger partial charge is 0.292 e. The quantitative estimate of drug-likeness (QED) is 0.654. The van der Waals surface area contributed by atoms with E-state index in [1.54, 1.807) is 12.1 Å². The molecule has 0 radical (unpaired) electrons. The van der Waals surface area contributed by atoms with Gasteiger partial charge in [-0.2, -0.15) is 0 Å². The Hall–Kier alpha value is -1.82. The van der Waals surface area contributed by atoms with Crippen LogP contribution in [0.2, 0.25) is 0 Å². The average molecular weight is 266 g/mol. The molecule has 1 saturated heterocycles. The van der Waals surface area contributed by atoms with Crippen LogP contribution in [-0.2, 0) is 4.74 Å². The zero-order valence-electron chi connectivity index (χ0n) is 11.1. The molecule has 104 valence electrons. The first-order valence-corrected chi connectivity index (χ1v) is 6.29. The second-order valence-electron chi connectivity index (χ2n) is 4.65. The summed E-state index contributed by atoms with van der Waals surface area (Å²) in [5.74, 6) is 0.981. The predicted molar refractivity (Wildman–Crippen MR) is 71.7 cm³/mol. The lowest BCUT2D eigenvalue weighted by molar-refractivity contribution is -0.384. The molecule has 0 aliphatic carbocycles. The lowest BCUT2D eigenvalue weighted by Crippen LogP contribution is -2.21. The third kappa shape index (κ3) is 3.14. The Bertz CT molecular complexity index is 464. The van der Waals surface area contributed by atoms with Crippen molar-refractivity contribution >= 4 is 11.4 Å². The molecule has 2 atom stereocenters. The van der Waals surface area contributed by atoms with Crippen molar-refractivity contribution in [3.63, 3.8) is 0 Å². The number of nitrogens with one attached hydrogen (secondary N) is 1. The number of anilines is 1. The minimum Gasteiger partial charge on any atom is -0.497 e. The average Bonchev–Trinajstić information content (AvgIpc) is 2.81. The maximum absolute atomic E-state index is 11.0. The Labute approximate surface area is 111 Å². The van der Waals surface area contributed by atoms with Gasteiger partial charge in [-0.05, 0) is 19.4 Å². The molecule has 0 aromatic heterocycles. The molecule has 1 aromatic carbocycles. The molecular weight excluding hydrogens is 248 g/mol. The SMILES string of the molecule is COc1ccc([N+](=O)[O-])c(NCC2CCOC2C)c1. The van der Waals surface area contributed by atoms with Gasteiger partial charge in [0, 0.05) is 31.2 Å². The zero-order valence-corrected chi connectivity index (χ0v) is 11.1. The van der Waals surface area contributed by atoms with Gasteiger partial charge in [-0.1, -0.05) is 0 Å². The van der Waals surface area contributed by atoms with Crippen molar-refractivity contribution in [2.45, 2.75) is 19.4 Å². The molecule has 0 saturated carbocycles. The van der Waals surface area contributed by atoms with Crippen molar-refractivity contribution in [1.82, 2.24) is 0 Å². The van der Waals surface area contributed by atoms with E-state index in [1.807, 2.05) is 6.92 Å². The third-order valence-electron chi connectivity index (χ3n) is 3.49. The second-order valence-corrected chi connectivity index (χ2v) is 4.65. The van der Waals surface area contributed by atoms with Gasteiger partial charge in [-0.25, -0.2) is 0 Å². The third-order valence-corrected chi connectivity index (χ3v) is 3.49. The van der Waals surface area contributed by atoms with E-state index in [0.29, 0.717) is 23.9 Å². The summed E-state index contributed by atoms with van der Waals surface area (Å²) in [6.45, 7) is 3.45. The van der Waals surface area contributed by atoms with E-state index in [1.165, 1.54) is 13.2 Å². The van der Waals surface area contributed by atoms with Crippen LogP contribution in [0.15, 0.2) is 18.2 Å². The Morgan fingerprint density at radius 2 is 2.37 bits per heavy atom. The lowest BCUT2D eigenvalue weighted by Gasteiger charge is -2.16. The van der Waals surface area contributed by atoms with E-state index >= 15 is 0 Å². The molecule has 6 heteroatoms. The summed E-state index contributed by atoms with van der Waals surface area (Å²) in [7, 11) is 1.54. The molecular formula is C13H18N2O4. The Morgan fingerprint density at radius 1 is 1.58 bits per heavy atom. The summed E-state index contributed by atoms with van der Waals surface area (Å²) in [5, 5.41) is 14.1. The molecule has 1 heterocycles. The van der Waals surface area contributed by atoms with Gasteiger partial charge in [0.15, 0.2) is 0 Å².